The maximum Gasteiger partial charge on any atom is 0.232 e. The maximum atomic E-state index is 12.9. The van der Waals surface area contributed by atoms with Crippen molar-refractivity contribution in [3.05, 3.63) is 17.5 Å². The van der Waals surface area contributed by atoms with Gasteiger partial charge in [-0.1, -0.05) is 0 Å². The summed E-state index contributed by atoms with van der Waals surface area (Å²) in [6, 6.07) is 1.93. The third-order valence-electron chi connectivity index (χ3n) is 5.73. The Labute approximate surface area is 125 Å². The van der Waals surface area contributed by atoms with Crippen LogP contribution in [0.1, 0.15) is 49.9 Å². The number of hydrogen-bond donors (Lipinski definition) is 1. The van der Waals surface area contributed by atoms with E-state index in [0.29, 0.717) is 5.95 Å². The van der Waals surface area contributed by atoms with Crippen LogP contribution >= 0.6 is 0 Å². The van der Waals surface area contributed by atoms with Crippen molar-refractivity contribution in [1.29, 1.82) is 0 Å². The third-order valence-corrected chi connectivity index (χ3v) is 5.73. The monoisotopic (exact) mass is 285 g/mol. The molecule has 0 aliphatic heterocycles. The molecule has 4 heteroatoms. The van der Waals surface area contributed by atoms with E-state index in [-0.39, 0.29) is 11.3 Å². The second-order valence-corrected chi connectivity index (χ2v) is 7.63. The van der Waals surface area contributed by atoms with Gasteiger partial charge in [0, 0.05) is 11.4 Å². The van der Waals surface area contributed by atoms with E-state index >= 15 is 0 Å². The van der Waals surface area contributed by atoms with Crippen LogP contribution < -0.4 is 5.32 Å². The Bertz CT molecular complexity index is 540. The first-order valence-corrected chi connectivity index (χ1v) is 8.16. The summed E-state index contributed by atoms with van der Waals surface area (Å²) in [5.74, 6) is 2.99. The Morgan fingerprint density at radius 3 is 2.00 bits per heavy atom. The number of hydrogen-bond acceptors (Lipinski definition) is 3. The van der Waals surface area contributed by atoms with E-state index in [1.165, 1.54) is 19.3 Å². The van der Waals surface area contributed by atoms with Crippen molar-refractivity contribution in [1.82, 2.24) is 9.97 Å². The molecule has 1 amide bonds. The third kappa shape index (κ3) is 2.25. The molecule has 4 bridgehead atoms. The lowest BCUT2D eigenvalue weighted by Gasteiger charge is -2.55. The van der Waals surface area contributed by atoms with Crippen molar-refractivity contribution >= 4 is 11.9 Å². The van der Waals surface area contributed by atoms with E-state index in [0.717, 1.165) is 48.4 Å². The lowest BCUT2D eigenvalue weighted by molar-refractivity contribution is -0.140. The molecule has 4 saturated carbocycles. The molecule has 1 aromatic heterocycles. The molecule has 0 unspecified atom stereocenters. The van der Waals surface area contributed by atoms with Crippen LogP contribution in [-0.2, 0) is 4.79 Å². The van der Waals surface area contributed by atoms with Crippen LogP contribution in [0.25, 0.3) is 0 Å². The quantitative estimate of drug-likeness (QED) is 0.907. The van der Waals surface area contributed by atoms with Gasteiger partial charge in [0.15, 0.2) is 0 Å². The number of amides is 1. The van der Waals surface area contributed by atoms with Gasteiger partial charge in [0.1, 0.15) is 0 Å². The lowest BCUT2D eigenvalue weighted by atomic mass is 9.49. The Morgan fingerprint density at radius 1 is 1.05 bits per heavy atom. The molecular formula is C17H23N3O. The Morgan fingerprint density at radius 2 is 1.52 bits per heavy atom. The van der Waals surface area contributed by atoms with E-state index in [2.05, 4.69) is 15.3 Å². The molecule has 0 aromatic carbocycles. The highest BCUT2D eigenvalue weighted by atomic mass is 16.2. The fourth-order valence-electron chi connectivity index (χ4n) is 5.40. The SMILES string of the molecule is Cc1cc(C)nc(NC(=O)C23CC4CC(CC(C4)C2)C3)n1. The molecule has 0 radical (unpaired) electrons. The number of aromatic nitrogens is 2. The van der Waals surface area contributed by atoms with Crippen molar-refractivity contribution < 1.29 is 4.79 Å². The van der Waals surface area contributed by atoms with Gasteiger partial charge in [0.05, 0.1) is 5.41 Å². The molecule has 0 atom stereocenters. The second kappa shape index (κ2) is 4.52. The zero-order valence-electron chi connectivity index (χ0n) is 12.9. The van der Waals surface area contributed by atoms with Gasteiger partial charge in [0.25, 0.3) is 0 Å². The van der Waals surface area contributed by atoms with Crippen molar-refractivity contribution in [3.8, 4) is 0 Å². The first kappa shape index (κ1) is 13.2. The van der Waals surface area contributed by atoms with Crippen LogP contribution in [0.2, 0.25) is 0 Å². The smallest absolute Gasteiger partial charge is 0.232 e. The number of rotatable bonds is 2. The van der Waals surface area contributed by atoms with Crippen LogP contribution in [0, 0.1) is 37.0 Å². The van der Waals surface area contributed by atoms with Crippen LogP contribution in [0.4, 0.5) is 5.95 Å². The highest BCUT2D eigenvalue weighted by Gasteiger charge is 2.54. The largest absolute Gasteiger partial charge is 0.294 e. The van der Waals surface area contributed by atoms with Gasteiger partial charge < -0.3 is 0 Å². The molecule has 0 saturated heterocycles. The molecule has 5 rings (SSSR count). The molecule has 4 fully saturated rings. The highest BCUT2D eigenvalue weighted by molar-refractivity contribution is 5.94. The summed E-state index contributed by atoms with van der Waals surface area (Å²) >= 11 is 0. The van der Waals surface area contributed by atoms with Crippen molar-refractivity contribution in [2.45, 2.75) is 52.4 Å². The number of carbonyl (C=O) groups excluding carboxylic acids is 1. The highest BCUT2D eigenvalue weighted by Crippen LogP contribution is 2.60. The molecule has 0 spiro atoms. The van der Waals surface area contributed by atoms with E-state index in [9.17, 15) is 4.79 Å². The van der Waals surface area contributed by atoms with Gasteiger partial charge in [-0.25, -0.2) is 9.97 Å². The number of nitrogens with one attached hydrogen (secondary N) is 1. The number of nitrogens with zero attached hydrogens (tertiary/aromatic N) is 2. The summed E-state index contributed by atoms with van der Waals surface area (Å²) in [7, 11) is 0. The van der Waals surface area contributed by atoms with Crippen LogP contribution in [0.5, 0.6) is 0 Å². The van der Waals surface area contributed by atoms with E-state index in [1.54, 1.807) is 0 Å². The summed E-state index contributed by atoms with van der Waals surface area (Å²) < 4.78 is 0. The van der Waals surface area contributed by atoms with E-state index < -0.39 is 0 Å². The fourth-order valence-corrected chi connectivity index (χ4v) is 5.40. The predicted molar refractivity (Wildman–Crippen MR) is 80.7 cm³/mol. The zero-order valence-corrected chi connectivity index (χ0v) is 12.9. The van der Waals surface area contributed by atoms with Gasteiger partial charge in [-0.05, 0) is 76.2 Å². The standard InChI is InChI=1S/C17H23N3O/c1-10-3-11(2)19-16(18-10)20-15(21)17-7-12-4-13(8-17)6-14(5-12)9-17/h3,12-14H,4-9H2,1-2H3,(H,18,19,20,21). The lowest BCUT2D eigenvalue weighted by Crippen LogP contribution is -2.51. The van der Waals surface area contributed by atoms with Gasteiger partial charge >= 0.3 is 0 Å². The van der Waals surface area contributed by atoms with Crippen molar-refractivity contribution in [3.63, 3.8) is 0 Å². The fraction of sp³-hybridized carbons (Fsp3) is 0.706. The summed E-state index contributed by atoms with van der Waals surface area (Å²) in [4.78, 5) is 21.6. The molecule has 4 aliphatic rings. The Kier molecular flexibility index (Phi) is 2.85. The van der Waals surface area contributed by atoms with Gasteiger partial charge in [0.2, 0.25) is 11.9 Å². The predicted octanol–water partition coefficient (Wildman–Crippen LogP) is 3.25. The van der Waals surface area contributed by atoms with Gasteiger partial charge in [-0.3, -0.25) is 10.1 Å². The molecule has 112 valence electrons. The molecule has 4 nitrogen and oxygen atoms in total. The first-order chi connectivity index (χ1) is 10.0. The first-order valence-electron chi connectivity index (χ1n) is 8.16. The average molecular weight is 285 g/mol. The second-order valence-electron chi connectivity index (χ2n) is 7.63. The topological polar surface area (TPSA) is 54.9 Å². The molecule has 1 heterocycles. The average Bonchev–Trinajstić information content (AvgIpc) is 2.35. The molecule has 1 aromatic rings. The summed E-state index contributed by atoms with van der Waals surface area (Å²) in [5.41, 5.74) is 1.68. The van der Waals surface area contributed by atoms with Gasteiger partial charge in [-0.15, -0.1) is 0 Å². The van der Waals surface area contributed by atoms with Crippen molar-refractivity contribution in [2.75, 3.05) is 5.32 Å². The minimum absolute atomic E-state index is 0.129. The Balaban J connectivity index is 1.57. The molecular weight excluding hydrogens is 262 g/mol. The molecule has 1 N–H and O–H groups in total. The van der Waals surface area contributed by atoms with Crippen LogP contribution in [0.15, 0.2) is 6.07 Å². The normalized spacial score (nSPS) is 36.8. The summed E-state index contributed by atoms with van der Waals surface area (Å²) in [5, 5.41) is 3.02. The number of aryl methyl sites for hydroxylation is 2. The summed E-state index contributed by atoms with van der Waals surface area (Å²) in [6.45, 7) is 3.88. The van der Waals surface area contributed by atoms with Crippen molar-refractivity contribution in [2.24, 2.45) is 23.2 Å². The van der Waals surface area contributed by atoms with Crippen LogP contribution in [-0.4, -0.2) is 15.9 Å². The number of anilines is 1. The minimum Gasteiger partial charge on any atom is -0.294 e. The van der Waals surface area contributed by atoms with E-state index in [1.807, 2.05) is 19.9 Å². The number of carbonyl (C=O) groups is 1. The Hall–Kier alpha value is -1.45. The van der Waals surface area contributed by atoms with Crippen LogP contribution in [0.3, 0.4) is 0 Å². The minimum atomic E-state index is -0.129. The zero-order chi connectivity index (χ0) is 14.6. The molecule has 21 heavy (non-hydrogen) atoms. The molecule has 4 aliphatic carbocycles. The summed E-state index contributed by atoms with van der Waals surface area (Å²) in [6.07, 6.45) is 7.30. The van der Waals surface area contributed by atoms with Gasteiger partial charge in [-0.2, -0.15) is 0 Å². The maximum absolute atomic E-state index is 12.9. The van der Waals surface area contributed by atoms with E-state index in [4.69, 9.17) is 0 Å².